The molecule has 3 aromatic carbocycles. The second-order valence-corrected chi connectivity index (χ2v) is 12.9. The number of para-hydroxylation sites is 1. The molecular weight excluding hydrogens is 597 g/mol. The molecule has 1 fully saturated rings. The van der Waals surface area contributed by atoms with E-state index in [2.05, 4.69) is 5.32 Å². The summed E-state index contributed by atoms with van der Waals surface area (Å²) in [6.45, 7) is 1.35. The molecule has 0 bridgehead atoms. The minimum atomic E-state index is -4.17. The third kappa shape index (κ3) is 7.56. The predicted molar refractivity (Wildman–Crippen MR) is 165 cm³/mol. The Morgan fingerprint density at radius 3 is 2.24 bits per heavy atom. The van der Waals surface area contributed by atoms with Crippen LogP contribution in [-0.4, -0.2) is 50.9 Å². The number of methoxy groups -OCH3 is 1. The molecule has 0 aliphatic heterocycles. The number of amides is 2. The quantitative estimate of drug-likeness (QED) is 0.262. The maximum atomic E-state index is 14.2. The van der Waals surface area contributed by atoms with Gasteiger partial charge in [-0.25, -0.2) is 8.42 Å². The van der Waals surface area contributed by atoms with E-state index in [-0.39, 0.29) is 23.4 Å². The summed E-state index contributed by atoms with van der Waals surface area (Å²) in [6, 6.07) is 18.6. The summed E-state index contributed by atoms with van der Waals surface area (Å²) in [4.78, 5) is 29.1. The van der Waals surface area contributed by atoms with Crippen molar-refractivity contribution in [3.05, 3.63) is 88.4 Å². The van der Waals surface area contributed by atoms with Gasteiger partial charge in [-0.2, -0.15) is 0 Å². The Labute approximate surface area is 257 Å². The van der Waals surface area contributed by atoms with Crippen LogP contribution in [0, 0.1) is 0 Å². The van der Waals surface area contributed by atoms with E-state index >= 15 is 0 Å². The number of rotatable bonds is 12. The number of halogens is 2. The number of carbonyl (C=O) groups is 2. The van der Waals surface area contributed by atoms with Crippen LogP contribution in [-0.2, 0) is 26.2 Å². The minimum absolute atomic E-state index is 0.00186. The summed E-state index contributed by atoms with van der Waals surface area (Å²) in [5.74, 6) is -0.291. The molecule has 1 atom stereocenters. The number of nitrogens with zero attached hydrogens (tertiary/aromatic N) is 2. The molecule has 42 heavy (non-hydrogen) atoms. The maximum absolute atomic E-state index is 14.2. The number of hydrogen-bond acceptors (Lipinski definition) is 5. The fraction of sp³-hybridized carbons (Fsp3) is 0.355. The average molecular weight is 633 g/mol. The Balaban J connectivity index is 1.70. The molecule has 0 unspecified atom stereocenters. The van der Waals surface area contributed by atoms with Gasteiger partial charge in [-0.15, -0.1) is 0 Å². The lowest BCUT2D eigenvalue weighted by molar-refractivity contribution is -0.140. The number of ether oxygens (including phenoxy) is 1. The van der Waals surface area contributed by atoms with Gasteiger partial charge in [0.05, 0.1) is 27.7 Å². The molecule has 0 saturated heterocycles. The Morgan fingerprint density at radius 1 is 0.976 bits per heavy atom. The van der Waals surface area contributed by atoms with Crippen LogP contribution in [0.2, 0.25) is 10.0 Å². The first kappa shape index (κ1) is 31.7. The van der Waals surface area contributed by atoms with Crippen molar-refractivity contribution in [3.8, 4) is 5.75 Å². The van der Waals surface area contributed by atoms with Crippen LogP contribution in [0.15, 0.2) is 77.7 Å². The molecule has 0 aromatic heterocycles. The zero-order valence-corrected chi connectivity index (χ0v) is 26.0. The third-order valence-electron chi connectivity index (χ3n) is 7.39. The van der Waals surface area contributed by atoms with Crippen LogP contribution in [0.1, 0.15) is 44.6 Å². The summed E-state index contributed by atoms with van der Waals surface area (Å²) in [7, 11) is -2.68. The van der Waals surface area contributed by atoms with E-state index in [1.54, 1.807) is 60.7 Å². The molecule has 224 valence electrons. The third-order valence-corrected chi connectivity index (χ3v) is 9.92. The normalized spacial score (nSPS) is 14.3. The standard InChI is InChI=1S/C31H35Cl2N3O5S/c1-3-29(31(38)34-23-9-7-8-10-23)35(20-22-13-18-27(32)28(33)19-22)30(37)21-36(24-11-5-4-6-12-24)42(39,40)26-16-14-25(41-2)15-17-26/h4-6,11-19,23,29H,3,7-10,20-21H2,1-2H3,(H,34,38)/t29-/m1/s1. The lowest BCUT2D eigenvalue weighted by Crippen LogP contribution is -2.53. The summed E-state index contributed by atoms with van der Waals surface area (Å²) >= 11 is 12.4. The zero-order valence-electron chi connectivity index (χ0n) is 23.6. The maximum Gasteiger partial charge on any atom is 0.264 e. The van der Waals surface area contributed by atoms with Gasteiger partial charge in [0.2, 0.25) is 11.8 Å². The first-order valence-corrected chi connectivity index (χ1v) is 16.1. The molecular formula is C31H35Cl2N3O5S. The molecule has 1 aliphatic rings. The van der Waals surface area contributed by atoms with Gasteiger partial charge in [0.15, 0.2) is 0 Å². The van der Waals surface area contributed by atoms with E-state index < -0.39 is 28.5 Å². The van der Waals surface area contributed by atoms with Crippen LogP contribution < -0.4 is 14.4 Å². The van der Waals surface area contributed by atoms with Gasteiger partial charge >= 0.3 is 0 Å². The van der Waals surface area contributed by atoms with Gasteiger partial charge in [0.25, 0.3) is 10.0 Å². The van der Waals surface area contributed by atoms with E-state index in [0.717, 1.165) is 30.0 Å². The van der Waals surface area contributed by atoms with Crippen molar-refractivity contribution in [2.45, 2.75) is 62.6 Å². The van der Waals surface area contributed by atoms with Gasteiger partial charge in [-0.1, -0.05) is 67.2 Å². The molecule has 4 rings (SSSR count). The molecule has 1 aliphatic carbocycles. The number of sulfonamides is 1. The Kier molecular flexibility index (Phi) is 10.8. The second kappa shape index (κ2) is 14.3. The molecule has 3 aromatic rings. The number of benzene rings is 3. The van der Waals surface area contributed by atoms with Gasteiger partial charge in [-0.3, -0.25) is 13.9 Å². The average Bonchev–Trinajstić information content (AvgIpc) is 3.51. The highest BCUT2D eigenvalue weighted by Crippen LogP contribution is 2.28. The fourth-order valence-corrected chi connectivity index (χ4v) is 6.85. The highest BCUT2D eigenvalue weighted by atomic mass is 35.5. The number of carbonyl (C=O) groups excluding carboxylic acids is 2. The predicted octanol–water partition coefficient (Wildman–Crippen LogP) is 6.06. The number of hydrogen-bond donors (Lipinski definition) is 1. The minimum Gasteiger partial charge on any atom is -0.497 e. The monoisotopic (exact) mass is 631 g/mol. The molecule has 1 saturated carbocycles. The van der Waals surface area contributed by atoms with E-state index in [1.165, 1.54) is 24.1 Å². The molecule has 0 spiro atoms. The van der Waals surface area contributed by atoms with Crippen molar-refractivity contribution in [1.82, 2.24) is 10.2 Å². The van der Waals surface area contributed by atoms with Crippen LogP contribution in [0.25, 0.3) is 0 Å². The summed E-state index contributed by atoms with van der Waals surface area (Å²) < 4.78 is 34.1. The highest BCUT2D eigenvalue weighted by Gasteiger charge is 2.34. The summed E-state index contributed by atoms with van der Waals surface area (Å²) in [5, 5.41) is 3.78. The van der Waals surface area contributed by atoms with Crippen molar-refractivity contribution in [2.75, 3.05) is 18.0 Å². The first-order chi connectivity index (χ1) is 20.1. The first-order valence-electron chi connectivity index (χ1n) is 13.9. The second-order valence-electron chi connectivity index (χ2n) is 10.2. The SMILES string of the molecule is CC[C@H](C(=O)NC1CCCC1)N(Cc1ccc(Cl)c(Cl)c1)C(=O)CN(c1ccccc1)S(=O)(=O)c1ccc(OC)cc1. The molecule has 8 nitrogen and oxygen atoms in total. The topological polar surface area (TPSA) is 96.0 Å². The van der Waals surface area contributed by atoms with Crippen molar-refractivity contribution in [1.29, 1.82) is 0 Å². The molecule has 0 heterocycles. The van der Waals surface area contributed by atoms with Crippen molar-refractivity contribution >= 4 is 50.7 Å². The van der Waals surface area contributed by atoms with E-state index in [9.17, 15) is 18.0 Å². The fourth-order valence-electron chi connectivity index (χ4n) is 5.12. The van der Waals surface area contributed by atoms with Gasteiger partial charge < -0.3 is 15.0 Å². The number of anilines is 1. The van der Waals surface area contributed by atoms with Crippen molar-refractivity contribution in [2.24, 2.45) is 0 Å². The van der Waals surface area contributed by atoms with Crippen LogP contribution in [0.4, 0.5) is 5.69 Å². The van der Waals surface area contributed by atoms with Crippen LogP contribution in [0.3, 0.4) is 0 Å². The van der Waals surface area contributed by atoms with Crippen LogP contribution >= 0.6 is 23.2 Å². The zero-order chi connectivity index (χ0) is 30.3. The summed E-state index contributed by atoms with van der Waals surface area (Å²) in [5.41, 5.74) is 0.980. The van der Waals surface area contributed by atoms with Crippen molar-refractivity contribution in [3.63, 3.8) is 0 Å². The van der Waals surface area contributed by atoms with Crippen molar-refractivity contribution < 1.29 is 22.7 Å². The lowest BCUT2D eigenvalue weighted by Gasteiger charge is -2.33. The van der Waals surface area contributed by atoms with Gasteiger partial charge in [-0.05, 0) is 73.4 Å². The largest absolute Gasteiger partial charge is 0.497 e. The van der Waals surface area contributed by atoms with E-state index in [1.807, 2.05) is 6.92 Å². The smallest absolute Gasteiger partial charge is 0.264 e. The molecule has 2 amide bonds. The highest BCUT2D eigenvalue weighted by molar-refractivity contribution is 7.92. The molecule has 1 N–H and O–H groups in total. The molecule has 11 heteroatoms. The Hall–Kier alpha value is -3.27. The summed E-state index contributed by atoms with van der Waals surface area (Å²) in [6.07, 6.45) is 4.21. The Bertz CT molecular complexity index is 1480. The van der Waals surface area contributed by atoms with Crippen LogP contribution in [0.5, 0.6) is 5.75 Å². The number of nitrogens with one attached hydrogen (secondary N) is 1. The van der Waals surface area contributed by atoms with Gasteiger partial charge in [0.1, 0.15) is 18.3 Å². The molecule has 0 radical (unpaired) electrons. The Morgan fingerprint density at radius 2 is 1.64 bits per heavy atom. The van der Waals surface area contributed by atoms with E-state index in [4.69, 9.17) is 27.9 Å². The van der Waals surface area contributed by atoms with Gasteiger partial charge in [0, 0.05) is 12.6 Å². The van der Waals surface area contributed by atoms with E-state index in [0.29, 0.717) is 33.5 Å². The lowest BCUT2D eigenvalue weighted by atomic mass is 10.1.